The van der Waals surface area contributed by atoms with Crippen LogP contribution < -0.4 is 21.7 Å². The van der Waals surface area contributed by atoms with Crippen LogP contribution in [-0.2, 0) is 16.0 Å². The summed E-state index contributed by atoms with van der Waals surface area (Å²) < 4.78 is 0. The zero-order valence-corrected chi connectivity index (χ0v) is 28.4. The first kappa shape index (κ1) is 36.8. The molecule has 0 aliphatic carbocycles. The van der Waals surface area contributed by atoms with Gasteiger partial charge in [0.1, 0.15) is 0 Å². The Labute approximate surface area is 280 Å². The lowest BCUT2D eigenvalue weighted by Crippen LogP contribution is -2.48. The lowest BCUT2D eigenvalue weighted by Gasteiger charge is -2.23. The molecule has 4 aromatic carbocycles. The summed E-state index contributed by atoms with van der Waals surface area (Å²) in [5.41, 5.74) is 9.65. The molecule has 4 aromatic rings. The standard InChI is InChI=1S/C15H30N6O2.C13H12.C11H10/c1-4-21-9-7-12(10-19-11(2)22)20-13(14(21)23)6-5-8-18-15(16)17-3;1-3-7-12(8-4-1)11-13-9-5-2-6-10-13;1-9-6-7-10-4-2-3-5-11(10)8-9/h12-13,20H,4-10H2,1-3H3,(H,19,22)(H3,16,17,18);1-10H,11H2;2-8H,1H3. The maximum Gasteiger partial charge on any atom is 0.239 e. The van der Waals surface area contributed by atoms with Gasteiger partial charge in [-0.2, -0.15) is 0 Å². The Kier molecular flexibility index (Phi) is 16.0. The van der Waals surface area contributed by atoms with Crippen molar-refractivity contribution in [3.05, 3.63) is 120 Å². The van der Waals surface area contributed by atoms with Crippen molar-refractivity contribution in [1.29, 1.82) is 0 Å². The highest BCUT2D eigenvalue weighted by molar-refractivity contribution is 5.83. The molecule has 5 N–H and O–H groups in total. The maximum atomic E-state index is 12.6. The average molecular weight is 637 g/mol. The number of aryl methyl sites for hydroxylation is 1. The van der Waals surface area contributed by atoms with Crippen LogP contribution in [0.4, 0.5) is 0 Å². The summed E-state index contributed by atoms with van der Waals surface area (Å²) in [6, 6.07) is 35.9. The van der Waals surface area contributed by atoms with Gasteiger partial charge in [0.2, 0.25) is 11.8 Å². The van der Waals surface area contributed by atoms with Crippen LogP contribution in [-0.4, -0.2) is 68.0 Å². The fraction of sp³-hybridized carbons (Fsp3) is 0.359. The molecule has 1 heterocycles. The average Bonchev–Trinajstić information content (AvgIpc) is 3.24. The lowest BCUT2D eigenvalue weighted by molar-refractivity contribution is -0.132. The molecule has 250 valence electrons. The number of guanidine groups is 1. The van der Waals surface area contributed by atoms with Crippen molar-refractivity contribution in [2.45, 2.75) is 58.5 Å². The number of carbonyl (C=O) groups is 2. The van der Waals surface area contributed by atoms with Gasteiger partial charge in [0.15, 0.2) is 5.96 Å². The van der Waals surface area contributed by atoms with Gasteiger partial charge in [0.05, 0.1) is 6.04 Å². The van der Waals surface area contributed by atoms with Crippen LogP contribution in [0.2, 0.25) is 0 Å². The van der Waals surface area contributed by atoms with Gasteiger partial charge >= 0.3 is 0 Å². The zero-order valence-electron chi connectivity index (χ0n) is 28.4. The van der Waals surface area contributed by atoms with Crippen molar-refractivity contribution in [1.82, 2.24) is 20.9 Å². The maximum absolute atomic E-state index is 12.6. The predicted octanol–water partition coefficient (Wildman–Crippen LogP) is 5.44. The van der Waals surface area contributed by atoms with E-state index < -0.39 is 0 Å². The van der Waals surface area contributed by atoms with Crippen LogP contribution in [0.3, 0.4) is 0 Å². The monoisotopic (exact) mass is 636 g/mol. The second-order valence-electron chi connectivity index (χ2n) is 11.7. The van der Waals surface area contributed by atoms with E-state index in [1.807, 2.05) is 11.8 Å². The number of hydrogen-bond donors (Lipinski definition) is 4. The van der Waals surface area contributed by atoms with Gasteiger partial charge in [0, 0.05) is 46.2 Å². The van der Waals surface area contributed by atoms with E-state index >= 15 is 0 Å². The molecule has 47 heavy (non-hydrogen) atoms. The number of rotatable bonds is 9. The van der Waals surface area contributed by atoms with Gasteiger partial charge in [-0.25, -0.2) is 0 Å². The SMILES string of the molecule is CCN1CCC(CNC(C)=O)NC(CCCNC(N)=NC)C1=O.Cc1ccc2ccccc2c1.c1ccc(Cc2ccccc2)cc1. The summed E-state index contributed by atoms with van der Waals surface area (Å²) in [6.07, 6.45) is 3.39. The Morgan fingerprint density at radius 3 is 2.13 bits per heavy atom. The third-order valence-corrected chi connectivity index (χ3v) is 7.99. The van der Waals surface area contributed by atoms with Crippen molar-refractivity contribution >= 4 is 28.5 Å². The smallest absolute Gasteiger partial charge is 0.239 e. The molecule has 1 fully saturated rings. The van der Waals surface area contributed by atoms with Gasteiger partial charge in [-0.05, 0) is 61.4 Å². The molecule has 2 atom stereocenters. The summed E-state index contributed by atoms with van der Waals surface area (Å²) in [7, 11) is 1.63. The highest BCUT2D eigenvalue weighted by Gasteiger charge is 2.29. The van der Waals surface area contributed by atoms with Gasteiger partial charge in [-0.3, -0.25) is 14.6 Å². The highest BCUT2D eigenvalue weighted by atomic mass is 16.2. The molecular weight excluding hydrogens is 584 g/mol. The molecule has 2 unspecified atom stereocenters. The van der Waals surface area contributed by atoms with Crippen molar-refractivity contribution in [2.75, 3.05) is 33.2 Å². The van der Waals surface area contributed by atoms with E-state index in [0.717, 1.165) is 32.2 Å². The summed E-state index contributed by atoms with van der Waals surface area (Å²) in [5, 5.41) is 11.9. The Balaban J connectivity index is 0.000000209. The highest BCUT2D eigenvalue weighted by Crippen LogP contribution is 2.14. The topological polar surface area (TPSA) is 112 Å². The first-order valence-electron chi connectivity index (χ1n) is 16.6. The minimum Gasteiger partial charge on any atom is -0.370 e. The van der Waals surface area contributed by atoms with Crippen LogP contribution in [0.5, 0.6) is 0 Å². The third kappa shape index (κ3) is 13.7. The minimum atomic E-state index is -0.224. The van der Waals surface area contributed by atoms with Gasteiger partial charge in [0.25, 0.3) is 0 Å². The van der Waals surface area contributed by atoms with E-state index in [4.69, 9.17) is 5.73 Å². The van der Waals surface area contributed by atoms with E-state index in [9.17, 15) is 9.59 Å². The number of hydrogen-bond acceptors (Lipinski definition) is 4. The van der Waals surface area contributed by atoms with Gasteiger partial charge < -0.3 is 26.6 Å². The van der Waals surface area contributed by atoms with E-state index in [1.54, 1.807) is 7.05 Å². The Bertz CT molecular complexity index is 1490. The Morgan fingerprint density at radius 1 is 0.915 bits per heavy atom. The molecular formula is C39H52N6O2. The summed E-state index contributed by atoms with van der Waals surface area (Å²) in [5.74, 6) is 0.489. The minimum absolute atomic E-state index is 0.0511. The lowest BCUT2D eigenvalue weighted by atomic mass is 10.1. The van der Waals surface area contributed by atoms with Gasteiger partial charge in [-0.15, -0.1) is 0 Å². The number of aliphatic imine (C=N–C) groups is 1. The summed E-state index contributed by atoms with van der Waals surface area (Å²) >= 11 is 0. The largest absolute Gasteiger partial charge is 0.370 e. The van der Waals surface area contributed by atoms with Crippen molar-refractivity contribution in [2.24, 2.45) is 10.7 Å². The van der Waals surface area contributed by atoms with E-state index in [-0.39, 0.29) is 23.9 Å². The molecule has 0 spiro atoms. The van der Waals surface area contributed by atoms with Crippen LogP contribution >= 0.6 is 0 Å². The number of benzene rings is 4. The molecule has 2 amide bonds. The van der Waals surface area contributed by atoms with Crippen molar-refractivity contribution < 1.29 is 9.59 Å². The first-order chi connectivity index (χ1) is 22.8. The third-order valence-electron chi connectivity index (χ3n) is 7.99. The number of carbonyl (C=O) groups excluding carboxylic acids is 2. The zero-order chi connectivity index (χ0) is 33.9. The summed E-state index contributed by atoms with van der Waals surface area (Å²) in [4.78, 5) is 29.4. The molecule has 5 rings (SSSR count). The molecule has 0 aromatic heterocycles. The molecule has 8 heteroatoms. The number of likely N-dealkylation sites (N-methyl/N-ethyl adjacent to an activating group) is 1. The molecule has 8 nitrogen and oxygen atoms in total. The quantitative estimate of drug-likeness (QED) is 0.111. The van der Waals surface area contributed by atoms with E-state index in [1.165, 1.54) is 34.4 Å². The summed E-state index contributed by atoms with van der Waals surface area (Å²) in [6.45, 7) is 8.26. The normalized spacial score (nSPS) is 16.2. The van der Waals surface area contributed by atoms with E-state index in [2.05, 4.69) is 131 Å². The fourth-order valence-electron chi connectivity index (χ4n) is 5.37. The van der Waals surface area contributed by atoms with Crippen LogP contribution in [0.25, 0.3) is 10.8 Å². The molecule has 0 radical (unpaired) electrons. The van der Waals surface area contributed by atoms with Crippen LogP contribution in [0.1, 0.15) is 49.8 Å². The predicted molar refractivity (Wildman–Crippen MR) is 195 cm³/mol. The van der Waals surface area contributed by atoms with E-state index in [0.29, 0.717) is 25.6 Å². The number of fused-ring (bicyclic) bond motifs is 1. The van der Waals surface area contributed by atoms with Crippen LogP contribution in [0, 0.1) is 6.92 Å². The number of nitrogens with one attached hydrogen (secondary N) is 3. The fourth-order valence-corrected chi connectivity index (χ4v) is 5.37. The Hall–Kier alpha value is -4.69. The Morgan fingerprint density at radius 2 is 1.53 bits per heavy atom. The molecule has 1 aliphatic heterocycles. The second kappa shape index (κ2) is 20.4. The molecule has 1 aliphatic rings. The molecule has 1 saturated heterocycles. The molecule has 0 saturated carbocycles. The first-order valence-corrected chi connectivity index (χ1v) is 16.6. The number of nitrogens with zero attached hydrogens (tertiary/aromatic N) is 2. The van der Waals surface area contributed by atoms with Gasteiger partial charge in [-0.1, -0.05) is 109 Å². The van der Waals surface area contributed by atoms with Crippen LogP contribution in [0.15, 0.2) is 108 Å². The van der Waals surface area contributed by atoms with Crippen molar-refractivity contribution in [3.63, 3.8) is 0 Å². The number of amides is 2. The number of nitrogens with two attached hydrogens (primary N) is 1. The second-order valence-corrected chi connectivity index (χ2v) is 11.7. The van der Waals surface area contributed by atoms with Crippen molar-refractivity contribution in [3.8, 4) is 0 Å². The molecule has 0 bridgehead atoms.